The predicted molar refractivity (Wildman–Crippen MR) is 27.7 cm³/mol. The van der Waals surface area contributed by atoms with Crippen LogP contribution < -0.4 is 37.2 Å². The first-order chi connectivity index (χ1) is 3.43. The molecular weight excluding hydrogens is 267 g/mol. The molecule has 0 nitrogen and oxygen atoms in total. The summed E-state index contributed by atoms with van der Waals surface area (Å²) in [6.07, 6.45) is 7.97. The molecule has 0 saturated carbocycles. The van der Waals surface area contributed by atoms with Gasteiger partial charge in [0, 0.05) is 0 Å². The van der Waals surface area contributed by atoms with E-state index in [4.69, 9.17) is 0 Å². The van der Waals surface area contributed by atoms with Crippen LogP contribution in [0.25, 0.3) is 0 Å². The van der Waals surface area contributed by atoms with Gasteiger partial charge < -0.3 is 37.2 Å². The third-order valence-electron chi connectivity index (χ3n) is 1.17. The maximum Gasteiger partial charge on any atom is -1.00 e. The fraction of sp³-hybridized carbons (Fsp3) is 0.333. The van der Waals surface area contributed by atoms with Gasteiger partial charge in [-0.15, -0.1) is 0 Å². The maximum atomic E-state index is 2.38. The molecule has 0 unspecified atom stereocenters. The Morgan fingerprint density at radius 2 is 1.90 bits per heavy atom. The molecule has 0 radical (unpaired) electrons. The molecule has 0 aromatic rings. The van der Waals surface area contributed by atoms with Crippen LogP contribution in [0.3, 0.4) is 0 Å². The minimum absolute atomic E-state index is 0. The van der Waals surface area contributed by atoms with E-state index in [1.165, 1.54) is 6.42 Å². The van der Waals surface area contributed by atoms with Gasteiger partial charge in [0.15, 0.2) is 0 Å². The number of halogens is 3. The van der Waals surface area contributed by atoms with E-state index in [9.17, 15) is 0 Å². The van der Waals surface area contributed by atoms with Crippen molar-refractivity contribution in [3.05, 3.63) is 20.6 Å². The molecule has 1 aliphatic rings. The van der Waals surface area contributed by atoms with E-state index >= 15 is 0 Å². The number of hydrogen-bond acceptors (Lipinski definition) is 0. The number of allylic oxidation sites excluding steroid dienone is 4. The topological polar surface area (TPSA) is 0 Å². The van der Waals surface area contributed by atoms with Crippen LogP contribution in [0.2, 0.25) is 3.73 Å². The summed E-state index contributed by atoms with van der Waals surface area (Å²) in [5, 5.41) is 0. The molecule has 0 bridgehead atoms. The number of rotatable bonds is 1. The summed E-state index contributed by atoms with van der Waals surface area (Å²) in [6, 6.07) is 0. The molecule has 0 fully saturated rings. The van der Waals surface area contributed by atoms with Crippen LogP contribution in [-0.2, 0) is 29.2 Å². The van der Waals surface area contributed by atoms with E-state index in [2.05, 4.69) is 22.0 Å². The molecule has 0 spiro atoms. The van der Waals surface area contributed by atoms with Gasteiger partial charge in [0.25, 0.3) is 0 Å². The van der Waals surface area contributed by atoms with E-state index in [0.29, 0.717) is 0 Å². The zero-order valence-electron chi connectivity index (χ0n) is 5.65. The molecule has 0 aromatic carbocycles. The number of hydrogen-bond donors (Lipinski definition) is 0. The van der Waals surface area contributed by atoms with Gasteiger partial charge in [-0.25, -0.2) is 0 Å². The van der Waals surface area contributed by atoms with Crippen LogP contribution in [0.5, 0.6) is 0 Å². The van der Waals surface area contributed by atoms with Crippen LogP contribution in [0.1, 0.15) is 6.42 Å². The molecule has 10 heavy (non-hydrogen) atoms. The normalized spacial score (nSPS) is 12.7. The first-order valence-corrected chi connectivity index (χ1v) is 6.84. The van der Waals surface area contributed by atoms with Crippen molar-refractivity contribution in [2.75, 3.05) is 0 Å². The summed E-state index contributed by atoms with van der Waals surface area (Å²) < 4.78 is 4.13. The fourth-order valence-corrected chi connectivity index (χ4v) is 2.34. The molecule has 56 valence electrons. The smallest absolute Gasteiger partial charge is 1.00 e. The molecule has 0 heterocycles. The van der Waals surface area contributed by atoms with Gasteiger partial charge in [0.05, 0.1) is 0 Å². The second-order valence-corrected chi connectivity index (χ2v) is 4.90. The molecule has 0 aromatic heterocycles. The van der Waals surface area contributed by atoms with E-state index < -0.39 is 0 Å². The van der Waals surface area contributed by atoms with Crippen LogP contribution in [0, 0.1) is 0 Å². The maximum absolute atomic E-state index is 2.38. The molecule has 0 aliphatic heterocycles. The van der Waals surface area contributed by atoms with Crippen molar-refractivity contribution < 1.29 is 66.4 Å². The van der Waals surface area contributed by atoms with E-state index in [1.807, 2.05) is 0 Å². The van der Waals surface area contributed by atoms with Crippen LogP contribution in [-0.4, -0.2) is 0 Å². The Morgan fingerprint density at radius 1 is 1.30 bits per heavy atom. The summed E-state index contributed by atoms with van der Waals surface area (Å²) >= 11 is -0.189. The quantitative estimate of drug-likeness (QED) is 0.446. The van der Waals surface area contributed by atoms with Gasteiger partial charge in [-0.05, 0) is 0 Å². The minimum atomic E-state index is -0.189. The van der Waals surface area contributed by atoms with Gasteiger partial charge in [-0.2, -0.15) is 0 Å². The first kappa shape index (κ1) is 17.5. The largest absolute Gasteiger partial charge is 1.00 e. The molecule has 0 atom stereocenters. The monoisotopic (exact) mass is 274 g/mol. The summed E-state index contributed by atoms with van der Waals surface area (Å²) in [6.45, 7) is 0. The van der Waals surface area contributed by atoms with Crippen molar-refractivity contribution in [1.82, 2.24) is 0 Å². The molecular formula is C6H8Cl3Y. The average Bonchev–Trinajstić information content (AvgIpc) is 2.14. The molecule has 0 N–H and O–H groups in total. The molecule has 0 amide bonds. The Hall–Kier alpha value is 1.45. The van der Waals surface area contributed by atoms with Crippen LogP contribution >= 0.6 is 0 Å². The van der Waals surface area contributed by atoms with Crippen LogP contribution in [0.15, 0.2) is 20.6 Å². The first-order valence-electron chi connectivity index (χ1n) is 2.58. The zero-order chi connectivity index (χ0) is 5.11. The van der Waals surface area contributed by atoms with Gasteiger partial charge in [0.1, 0.15) is 0 Å². The van der Waals surface area contributed by atoms with Crippen LogP contribution in [0.4, 0.5) is 0 Å². The zero-order valence-corrected chi connectivity index (χ0v) is 10.8. The SMILES string of the molecule is [CH3][Y+3][C]1=CC=CC1.[Cl-].[Cl-].[Cl-]. The minimum Gasteiger partial charge on any atom is -1.00 e. The summed E-state index contributed by atoms with van der Waals surface area (Å²) in [5.74, 6) is 0. The molecule has 1 rings (SSSR count). The third kappa shape index (κ3) is 6.18. The van der Waals surface area contributed by atoms with Gasteiger partial charge in [0.2, 0.25) is 0 Å². The Balaban J connectivity index is -0.000000163. The van der Waals surface area contributed by atoms with Crippen molar-refractivity contribution in [2.45, 2.75) is 10.2 Å². The summed E-state index contributed by atoms with van der Waals surface area (Å²) in [7, 11) is 0. The Bertz CT molecular complexity index is 120. The molecule has 4 heteroatoms. The van der Waals surface area contributed by atoms with Gasteiger partial charge in [-0.1, -0.05) is 0 Å². The van der Waals surface area contributed by atoms with Crippen molar-refractivity contribution in [1.29, 1.82) is 0 Å². The van der Waals surface area contributed by atoms with Gasteiger partial charge in [-0.3, -0.25) is 0 Å². The molecule has 0 saturated heterocycles. The molecule has 1 aliphatic carbocycles. The second-order valence-electron chi connectivity index (χ2n) is 1.66. The average molecular weight is 275 g/mol. The standard InChI is InChI=1S/C5H5.CH3.3ClH.Y/c1-2-4-5-3-1;;;;;/h1-3H,4H2;1H3;3*1H;/q;;;;;+3/p-3. The Kier molecular flexibility index (Phi) is 18.3. The van der Waals surface area contributed by atoms with Crippen molar-refractivity contribution >= 4 is 0 Å². The third-order valence-corrected chi connectivity index (χ3v) is 4.05. The van der Waals surface area contributed by atoms with Crippen molar-refractivity contribution in [3.63, 3.8) is 0 Å². The van der Waals surface area contributed by atoms with Gasteiger partial charge >= 0.3 is 60.0 Å². The summed E-state index contributed by atoms with van der Waals surface area (Å²) in [5.41, 5.74) is 0. The predicted octanol–water partition coefficient (Wildman–Crippen LogP) is -7.03. The van der Waals surface area contributed by atoms with E-state index in [1.54, 1.807) is 2.38 Å². The van der Waals surface area contributed by atoms with E-state index in [-0.39, 0.29) is 66.4 Å². The van der Waals surface area contributed by atoms with Crippen molar-refractivity contribution in [2.24, 2.45) is 0 Å². The second kappa shape index (κ2) is 10.5. The fourth-order valence-electron chi connectivity index (χ4n) is 0.678. The van der Waals surface area contributed by atoms with E-state index in [0.717, 1.165) is 0 Å². The Labute approximate surface area is 96.1 Å². The summed E-state index contributed by atoms with van der Waals surface area (Å²) in [4.78, 5) is 0. The van der Waals surface area contributed by atoms with Crippen molar-refractivity contribution in [3.8, 4) is 0 Å². The Morgan fingerprint density at radius 3 is 2.10 bits per heavy atom.